The van der Waals surface area contributed by atoms with E-state index in [9.17, 15) is 4.79 Å². The number of carbonyl (C=O) groups is 1. The predicted molar refractivity (Wildman–Crippen MR) is 89.7 cm³/mol. The third-order valence-corrected chi connectivity index (χ3v) is 3.25. The number of rotatable bonds is 6. The largest absolute Gasteiger partial charge is 0.482 e. The SMILES string of the molecule is C/C(=N/Nc1ncc(Cl)cc1Cl)c1cccc(OCC(=O)O)c1. The molecule has 0 aliphatic rings. The number of aromatic nitrogens is 1. The molecule has 0 aliphatic heterocycles. The van der Waals surface area contributed by atoms with Gasteiger partial charge < -0.3 is 9.84 Å². The van der Waals surface area contributed by atoms with E-state index in [1.165, 1.54) is 6.20 Å². The van der Waals surface area contributed by atoms with Crippen molar-refractivity contribution in [3.8, 4) is 5.75 Å². The quantitative estimate of drug-likeness (QED) is 0.611. The number of anilines is 1. The molecule has 1 heterocycles. The van der Waals surface area contributed by atoms with Gasteiger partial charge in [0.2, 0.25) is 0 Å². The number of carboxylic acid groups (broad SMARTS) is 1. The van der Waals surface area contributed by atoms with Gasteiger partial charge >= 0.3 is 5.97 Å². The van der Waals surface area contributed by atoms with E-state index >= 15 is 0 Å². The molecule has 0 unspecified atom stereocenters. The summed E-state index contributed by atoms with van der Waals surface area (Å²) in [5, 5.41) is 13.6. The van der Waals surface area contributed by atoms with Gasteiger partial charge in [-0.2, -0.15) is 5.10 Å². The molecule has 6 nitrogen and oxygen atoms in total. The van der Waals surface area contributed by atoms with E-state index in [1.807, 2.05) is 6.07 Å². The highest BCUT2D eigenvalue weighted by Crippen LogP contribution is 2.22. The summed E-state index contributed by atoms with van der Waals surface area (Å²) in [5.74, 6) is -0.207. The summed E-state index contributed by atoms with van der Waals surface area (Å²) in [4.78, 5) is 14.6. The van der Waals surface area contributed by atoms with Crippen LogP contribution in [0, 0.1) is 0 Å². The number of halogens is 2. The van der Waals surface area contributed by atoms with Gasteiger partial charge in [-0.1, -0.05) is 35.3 Å². The molecule has 23 heavy (non-hydrogen) atoms. The zero-order valence-electron chi connectivity index (χ0n) is 12.1. The van der Waals surface area contributed by atoms with Crippen molar-refractivity contribution in [2.24, 2.45) is 5.10 Å². The van der Waals surface area contributed by atoms with Crippen LogP contribution in [-0.2, 0) is 4.79 Å². The Bertz CT molecular complexity index is 750. The first-order chi connectivity index (χ1) is 11.0. The van der Waals surface area contributed by atoms with Gasteiger partial charge in [0.25, 0.3) is 0 Å². The second-order valence-electron chi connectivity index (χ2n) is 4.50. The first kappa shape index (κ1) is 17.1. The number of carboxylic acids is 1. The van der Waals surface area contributed by atoms with Crippen molar-refractivity contribution in [3.05, 3.63) is 52.1 Å². The number of pyridine rings is 1. The van der Waals surface area contributed by atoms with E-state index in [4.69, 9.17) is 33.0 Å². The maximum Gasteiger partial charge on any atom is 0.341 e. The number of hydrogen-bond donors (Lipinski definition) is 2. The van der Waals surface area contributed by atoms with Crippen LogP contribution in [0.5, 0.6) is 5.75 Å². The molecule has 1 aromatic heterocycles. The first-order valence-electron chi connectivity index (χ1n) is 6.52. The Kier molecular flexibility index (Phi) is 5.78. The Morgan fingerprint density at radius 3 is 2.87 bits per heavy atom. The summed E-state index contributed by atoms with van der Waals surface area (Å²) in [5.41, 5.74) is 4.18. The van der Waals surface area contributed by atoms with Gasteiger partial charge in [-0.25, -0.2) is 9.78 Å². The van der Waals surface area contributed by atoms with Crippen molar-refractivity contribution in [1.29, 1.82) is 0 Å². The molecule has 0 aliphatic carbocycles. The van der Waals surface area contributed by atoms with E-state index in [2.05, 4.69) is 15.5 Å². The maximum absolute atomic E-state index is 10.5. The molecule has 0 amide bonds. The minimum absolute atomic E-state index is 0.354. The monoisotopic (exact) mass is 353 g/mol. The third-order valence-electron chi connectivity index (χ3n) is 2.75. The number of benzene rings is 1. The van der Waals surface area contributed by atoms with E-state index in [-0.39, 0.29) is 0 Å². The van der Waals surface area contributed by atoms with Crippen LogP contribution in [0.3, 0.4) is 0 Å². The lowest BCUT2D eigenvalue weighted by molar-refractivity contribution is -0.139. The summed E-state index contributed by atoms with van der Waals surface area (Å²) < 4.78 is 5.13. The summed E-state index contributed by atoms with van der Waals surface area (Å²) in [7, 11) is 0. The second-order valence-corrected chi connectivity index (χ2v) is 5.35. The second kappa shape index (κ2) is 7.80. The number of hydrogen-bond acceptors (Lipinski definition) is 5. The van der Waals surface area contributed by atoms with Gasteiger partial charge in [0.15, 0.2) is 12.4 Å². The average Bonchev–Trinajstić information content (AvgIpc) is 2.52. The lowest BCUT2D eigenvalue weighted by Gasteiger charge is -2.07. The van der Waals surface area contributed by atoms with Crippen molar-refractivity contribution < 1.29 is 14.6 Å². The summed E-state index contributed by atoms with van der Waals surface area (Å²) in [6.45, 7) is 1.38. The van der Waals surface area contributed by atoms with Gasteiger partial charge in [0.05, 0.1) is 15.8 Å². The van der Waals surface area contributed by atoms with Crippen molar-refractivity contribution in [3.63, 3.8) is 0 Å². The molecule has 2 N–H and O–H groups in total. The molecule has 0 atom stereocenters. The lowest BCUT2D eigenvalue weighted by atomic mass is 10.1. The predicted octanol–water partition coefficient (Wildman–Crippen LogP) is 3.69. The topological polar surface area (TPSA) is 83.8 Å². The number of hydrazone groups is 1. The van der Waals surface area contributed by atoms with Gasteiger partial charge in [0, 0.05) is 11.8 Å². The fraction of sp³-hybridized carbons (Fsp3) is 0.133. The van der Waals surface area contributed by atoms with E-state index in [0.717, 1.165) is 5.56 Å². The number of nitrogens with zero attached hydrogens (tertiary/aromatic N) is 2. The molecule has 0 saturated heterocycles. The Morgan fingerprint density at radius 1 is 1.39 bits per heavy atom. The molecule has 0 saturated carbocycles. The van der Waals surface area contributed by atoms with Crippen LogP contribution >= 0.6 is 23.2 Å². The van der Waals surface area contributed by atoms with Crippen LogP contribution in [0.4, 0.5) is 5.82 Å². The maximum atomic E-state index is 10.5. The van der Waals surface area contributed by atoms with Gasteiger partial charge in [-0.15, -0.1) is 0 Å². The Morgan fingerprint density at radius 2 is 2.17 bits per heavy atom. The van der Waals surface area contributed by atoms with Crippen LogP contribution in [0.2, 0.25) is 10.0 Å². The Labute approximate surface area is 142 Å². The van der Waals surface area contributed by atoms with Crippen molar-refractivity contribution in [2.45, 2.75) is 6.92 Å². The third kappa shape index (κ3) is 5.12. The summed E-state index contributed by atoms with van der Waals surface area (Å²) in [6.07, 6.45) is 1.46. The fourth-order valence-corrected chi connectivity index (χ4v) is 2.08. The molecule has 2 aromatic rings. The van der Waals surface area contributed by atoms with E-state index in [1.54, 1.807) is 31.2 Å². The highest BCUT2D eigenvalue weighted by molar-refractivity contribution is 6.35. The van der Waals surface area contributed by atoms with Crippen LogP contribution in [0.25, 0.3) is 0 Å². The molecule has 1 aromatic carbocycles. The minimum atomic E-state index is -1.04. The van der Waals surface area contributed by atoms with Crippen molar-refractivity contribution in [1.82, 2.24) is 4.98 Å². The van der Waals surface area contributed by atoms with E-state index in [0.29, 0.717) is 27.3 Å². The van der Waals surface area contributed by atoms with Crippen LogP contribution in [-0.4, -0.2) is 28.4 Å². The van der Waals surface area contributed by atoms with E-state index < -0.39 is 12.6 Å². The smallest absolute Gasteiger partial charge is 0.341 e. The molecule has 0 fully saturated rings. The Hall–Kier alpha value is -2.31. The number of nitrogens with one attached hydrogen (secondary N) is 1. The molecule has 2 rings (SSSR count). The van der Waals surface area contributed by atoms with Crippen molar-refractivity contribution in [2.75, 3.05) is 12.0 Å². The summed E-state index contributed by atoms with van der Waals surface area (Å²) >= 11 is 11.8. The van der Waals surface area contributed by atoms with Gasteiger partial charge in [-0.3, -0.25) is 5.43 Å². The standard InChI is InChI=1S/C15H13Cl2N3O3/c1-9(19-20-15-13(17)6-11(16)7-18-15)10-3-2-4-12(5-10)23-8-14(21)22/h2-7H,8H2,1H3,(H,18,20)(H,21,22)/b19-9-. The zero-order valence-corrected chi connectivity index (χ0v) is 13.6. The molecule has 0 spiro atoms. The lowest BCUT2D eigenvalue weighted by Crippen LogP contribution is -2.09. The van der Waals surface area contributed by atoms with Gasteiger partial charge in [-0.05, 0) is 25.1 Å². The number of ether oxygens (including phenoxy) is 1. The molecule has 120 valence electrons. The zero-order chi connectivity index (χ0) is 16.8. The fourth-order valence-electron chi connectivity index (χ4n) is 1.65. The van der Waals surface area contributed by atoms with Gasteiger partial charge in [0.1, 0.15) is 5.75 Å². The highest BCUT2D eigenvalue weighted by atomic mass is 35.5. The van der Waals surface area contributed by atoms with Crippen LogP contribution < -0.4 is 10.2 Å². The van der Waals surface area contributed by atoms with Crippen LogP contribution in [0.1, 0.15) is 12.5 Å². The molecule has 0 bridgehead atoms. The summed E-state index contributed by atoms with van der Waals surface area (Å²) in [6, 6.07) is 8.50. The Balaban J connectivity index is 2.11. The molecular weight excluding hydrogens is 341 g/mol. The van der Waals surface area contributed by atoms with Crippen molar-refractivity contribution >= 4 is 40.7 Å². The average molecular weight is 354 g/mol. The molecule has 8 heteroatoms. The highest BCUT2D eigenvalue weighted by Gasteiger charge is 2.05. The minimum Gasteiger partial charge on any atom is -0.482 e. The number of aliphatic carboxylic acids is 1. The molecule has 0 radical (unpaired) electrons. The normalized spacial score (nSPS) is 11.2. The van der Waals surface area contributed by atoms with Crippen LogP contribution in [0.15, 0.2) is 41.6 Å². The first-order valence-corrected chi connectivity index (χ1v) is 7.27. The molecular formula is C15H13Cl2N3O3.